The van der Waals surface area contributed by atoms with E-state index in [2.05, 4.69) is 20.9 Å². The molecule has 6 heteroatoms. The molecule has 0 unspecified atom stereocenters. The zero-order valence-corrected chi connectivity index (χ0v) is 13.2. The van der Waals surface area contributed by atoms with Crippen LogP contribution in [-0.2, 0) is 17.9 Å². The first-order chi connectivity index (χ1) is 9.19. The van der Waals surface area contributed by atoms with Crippen molar-refractivity contribution in [1.82, 2.24) is 4.98 Å². The Labute approximate surface area is 124 Å². The molecule has 0 saturated heterocycles. The van der Waals surface area contributed by atoms with Crippen molar-refractivity contribution in [2.45, 2.75) is 13.2 Å². The lowest BCUT2D eigenvalue weighted by Crippen LogP contribution is -1.99. The number of ether oxygens (including phenoxy) is 2. The fourth-order valence-corrected chi connectivity index (χ4v) is 3.20. The van der Waals surface area contributed by atoms with Gasteiger partial charge >= 0.3 is 0 Å². The zero-order valence-electron chi connectivity index (χ0n) is 10.8. The van der Waals surface area contributed by atoms with Crippen LogP contribution >= 0.6 is 27.3 Å². The summed E-state index contributed by atoms with van der Waals surface area (Å²) in [6.45, 7) is 0.966. The molecule has 0 amide bonds. The van der Waals surface area contributed by atoms with Crippen molar-refractivity contribution >= 4 is 27.3 Å². The number of hydrogen-bond acceptors (Lipinski definition) is 5. The third-order valence-electron chi connectivity index (χ3n) is 2.64. The van der Waals surface area contributed by atoms with E-state index in [1.54, 1.807) is 25.6 Å². The van der Waals surface area contributed by atoms with Crippen LogP contribution < -0.4 is 10.5 Å². The van der Waals surface area contributed by atoms with E-state index in [4.69, 9.17) is 15.2 Å². The second kappa shape index (κ2) is 6.47. The van der Waals surface area contributed by atoms with E-state index in [0.29, 0.717) is 13.2 Å². The Balaban J connectivity index is 2.38. The Hall–Kier alpha value is -0.950. The highest BCUT2D eigenvalue weighted by atomic mass is 79.9. The van der Waals surface area contributed by atoms with Crippen LogP contribution in [0.2, 0.25) is 0 Å². The van der Waals surface area contributed by atoms with Crippen molar-refractivity contribution in [3.8, 4) is 16.3 Å². The molecule has 0 radical (unpaired) electrons. The molecule has 2 rings (SSSR count). The second-order valence-electron chi connectivity index (χ2n) is 3.88. The van der Waals surface area contributed by atoms with Gasteiger partial charge in [-0.05, 0) is 34.1 Å². The van der Waals surface area contributed by atoms with Gasteiger partial charge in [0.15, 0.2) is 0 Å². The first kappa shape index (κ1) is 14.5. The monoisotopic (exact) mass is 342 g/mol. The van der Waals surface area contributed by atoms with E-state index >= 15 is 0 Å². The molecule has 102 valence electrons. The molecule has 4 nitrogen and oxygen atoms in total. The predicted octanol–water partition coefficient (Wildman–Crippen LogP) is 3.19. The van der Waals surface area contributed by atoms with Gasteiger partial charge in [0.1, 0.15) is 10.8 Å². The van der Waals surface area contributed by atoms with Crippen molar-refractivity contribution in [1.29, 1.82) is 0 Å². The minimum Gasteiger partial charge on any atom is -0.496 e. The number of nitrogens with zero attached hydrogens (tertiary/aromatic N) is 1. The Kier molecular flexibility index (Phi) is 4.93. The molecule has 0 saturated carbocycles. The standard InChI is InChI=1S/C13H15BrN2O2S/c1-17-7-10-12(6-15)19-13(16-10)8-3-4-11(18-2)9(14)5-8/h3-5H,6-7,15H2,1-2H3. The molecule has 2 aromatic rings. The highest BCUT2D eigenvalue weighted by molar-refractivity contribution is 9.10. The summed E-state index contributed by atoms with van der Waals surface area (Å²) in [4.78, 5) is 5.65. The maximum atomic E-state index is 5.73. The van der Waals surface area contributed by atoms with Crippen molar-refractivity contribution in [3.05, 3.63) is 33.2 Å². The van der Waals surface area contributed by atoms with Crippen molar-refractivity contribution in [3.63, 3.8) is 0 Å². The van der Waals surface area contributed by atoms with E-state index in [-0.39, 0.29) is 0 Å². The van der Waals surface area contributed by atoms with Gasteiger partial charge in [0.25, 0.3) is 0 Å². The number of benzene rings is 1. The van der Waals surface area contributed by atoms with Gasteiger partial charge in [-0.25, -0.2) is 4.98 Å². The molecule has 0 aliphatic heterocycles. The highest BCUT2D eigenvalue weighted by Gasteiger charge is 2.12. The van der Waals surface area contributed by atoms with Crippen LogP contribution in [0.3, 0.4) is 0 Å². The lowest BCUT2D eigenvalue weighted by molar-refractivity contribution is 0.181. The van der Waals surface area contributed by atoms with Crippen LogP contribution in [0, 0.1) is 0 Å². The van der Waals surface area contributed by atoms with E-state index in [0.717, 1.165) is 31.4 Å². The van der Waals surface area contributed by atoms with Crippen molar-refractivity contribution in [2.24, 2.45) is 5.73 Å². The van der Waals surface area contributed by atoms with Crippen LogP contribution in [0.15, 0.2) is 22.7 Å². The fraction of sp³-hybridized carbons (Fsp3) is 0.308. The van der Waals surface area contributed by atoms with Crippen LogP contribution in [-0.4, -0.2) is 19.2 Å². The van der Waals surface area contributed by atoms with Gasteiger partial charge in [0, 0.05) is 24.1 Å². The SMILES string of the molecule is COCc1nc(-c2ccc(OC)c(Br)c2)sc1CN. The average Bonchev–Trinajstić information content (AvgIpc) is 2.82. The highest BCUT2D eigenvalue weighted by Crippen LogP contribution is 2.33. The molecule has 1 heterocycles. The molecule has 1 aromatic carbocycles. The van der Waals surface area contributed by atoms with Gasteiger partial charge in [-0.2, -0.15) is 0 Å². The van der Waals surface area contributed by atoms with Gasteiger partial charge < -0.3 is 15.2 Å². The number of halogens is 1. The molecular weight excluding hydrogens is 328 g/mol. The second-order valence-corrected chi connectivity index (χ2v) is 5.81. The topological polar surface area (TPSA) is 57.4 Å². The van der Waals surface area contributed by atoms with Crippen LogP contribution in [0.5, 0.6) is 5.75 Å². The number of methoxy groups -OCH3 is 2. The van der Waals surface area contributed by atoms with Gasteiger partial charge in [-0.15, -0.1) is 11.3 Å². The van der Waals surface area contributed by atoms with Crippen molar-refractivity contribution in [2.75, 3.05) is 14.2 Å². The Bertz CT molecular complexity index is 572. The lowest BCUT2D eigenvalue weighted by atomic mass is 10.2. The summed E-state index contributed by atoms with van der Waals surface area (Å²) in [6.07, 6.45) is 0. The molecule has 19 heavy (non-hydrogen) atoms. The summed E-state index contributed by atoms with van der Waals surface area (Å²) in [7, 11) is 3.30. The normalized spacial score (nSPS) is 10.7. The molecule has 0 fully saturated rings. The molecule has 0 aliphatic rings. The maximum Gasteiger partial charge on any atom is 0.133 e. The number of nitrogens with two attached hydrogens (primary N) is 1. The van der Waals surface area contributed by atoms with E-state index in [9.17, 15) is 0 Å². The summed E-state index contributed by atoms with van der Waals surface area (Å²) in [5.74, 6) is 0.802. The molecule has 0 atom stereocenters. The van der Waals surface area contributed by atoms with Crippen molar-refractivity contribution < 1.29 is 9.47 Å². The smallest absolute Gasteiger partial charge is 0.133 e. The van der Waals surface area contributed by atoms with E-state index < -0.39 is 0 Å². The molecule has 1 aromatic heterocycles. The average molecular weight is 343 g/mol. The summed E-state index contributed by atoms with van der Waals surface area (Å²) in [5.41, 5.74) is 7.68. The predicted molar refractivity (Wildman–Crippen MR) is 80.4 cm³/mol. The Morgan fingerprint density at radius 2 is 2.16 bits per heavy atom. The molecule has 0 bridgehead atoms. The first-order valence-electron chi connectivity index (χ1n) is 5.71. The summed E-state index contributed by atoms with van der Waals surface area (Å²) in [5, 5.41) is 0.941. The summed E-state index contributed by atoms with van der Waals surface area (Å²) < 4.78 is 11.3. The van der Waals surface area contributed by atoms with Gasteiger partial charge in [-0.1, -0.05) is 0 Å². The lowest BCUT2D eigenvalue weighted by Gasteiger charge is -2.04. The summed E-state index contributed by atoms with van der Waals surface area (Å²) >= 11 is 5.08. The third-order valence-corrected chi connectivity index (χ3v) is 4.43. The minimum absolute atomic E-state index is 0.480. The Morgan fingerprint density at radius 1 is 1.37 bits per heavy atom. The Morgan fingerprint density at radius 3 is 2.74 bits per heavy atom. The van der Waals surface area contributed by atoms with Crippen LogP contribution in [0.1, 0.15) is 10.6 Å². The fourth-order valence-electron chi connectivity index (χ4n) is 1.72. The van der Waals surface area contributed by atoms with Crippen LogP contribution in [0.4, 0.5) is 0 Å². The third kappa shape index (κ3) is 3.14. The number of thiazole rings is 1. The van der Waals surface area contributed by atoms with Gasteiger partial charge in [0.05, 0.1) is 23.9 Å². The number of rotatable bonds is 5. The molecule has 0 spiro atoms. The largest absolute Gasteiger partial charge is 0.496 e. The van der Waals surface area contributed by atoms with E-state index in [1.165, 1.54) is 0 Å². The quantitative estimate of drug-likeness (QED) is 0.906. The molecule has 2 N–H and O–H groups in total. The van der Waals surface area contributed by atoms with E-state index in [1.807, 2.05) is 18.2 Å². The number of hydrogen-bond donors (Lipinski definition) is 1. The van der Waals surface area contributed by atoms with Gasteiger partial charge in [-0.3, -0.25) is 0 Å². The number of aromatic nitrogens is 1. The van der Waals surface area contributed by atoms with Gasteiger partial charge in [0.2, 0.25) is 0 Å². The maximum absolute atomic E-state index is 5.73. The first-order valence-corrected chi connectivity index (χ1v) is 7.32. The zero-order chi connectivity index (χ0) is 13.8. The molecular formula is C13H15BrN2O2S. The minimum atomic E-state index is 0.480. The summed E-state index contributed by atoms with van der Waals surface area (Å²) in [6, 6.07) is 5.90. The molecule has 0 aliphatic carbocycles. The van der Waals surface area contributed by atoms with Crippen LogP contribution in [0.25, 0.3) is 10.6 Å².